The number of carboxylic acids is 1. The summed E-state index contributed by atoms with van der Waals surface area (Å²) in [4.78, 5) is 17.8. The maximum absolute atomic E-state index is 10.9. The van der Waals surface area contributed by atoms with Crippen LogP contribution in [0.25, 0.3) is 5.65 Å². The molecular weight excluding hydrogens is 260 g/mol. The highest BCUT2D eigenvalue weighted by atomic mass is 16.5. The van der Waals surface area contributed by atoms with Crippen molar-refractivity contribution in [1.29, 1.82) is 0 Å². The Morgan fingerprint density at radius 1 is 1.35 bits per heavy atom. The Hall–Kier alpha value is -2.15. The van der Waals surface area contributed by atoms with E-state index in [9.17, 15) is 4.79 Å². The summed E-state index contributed by atoms with van der Waals surface area (Å²) in [5.74, 6) is -0.159. The van der Waals surface area contributed by atoms with E-state index < -0.39 is 5.97 Å². The van der Waals surface area contributed by atoms with Gasteiger partial charge in [-0.2, -0.15) is 5.10 Å². The molecule has 2 atom stereocenters. The van der Waals surface area contributed by atoms with E-state index in [-0.39, 0.29) is 5.69 Å². The molecule has 2 unspecified atom stereocenters. The van der Waals surface area contributed by atoms with Crippen LogP contribution in [0.5, 0.6) is 0 Å². The molecule has 0 amide bonds. The number of carboxylic acid groups (broad SMARTS) is 1. The number of ether oxygens (including phenoxy) is 1. The van der Waals surface area contributed by atoms with E-state index in [4.69, 9.17) is 9.84 Å². The second-order valence-corrected chi connectivity index (χ2v) is 5.25. The Balaban J connectivity index is 1.75. The van der Waals surface area contributed by atoms with E-state index in [1.807, 2.05) is 6.07 Å². The molecule has 0 spiro atoms. The van der Waals surface area contributed by atoms with E-state index in [0.717, 1.165) is 31.9 Å². The van der Waals surface area contributed by atoms with Crippen molar-refractivity contribution in [3.63, 3.8) is 0 Å². The first-order valence-electron chi connectivity index (χ1n) is 6.68. The third-order valence-corrected chi connectivity index (χ3v) is 4.03. The monoisotopic (exact) mass is 274 g/mol. The van der Waals surface area contributed by atoms with Gasteiger partial charge in [-0.05, 0) is 18.9 Å². The van der Waals surface area contributed by atoms with Crippen LogP contribution < -0.4 is 4.90 Å². The average molecular weight is 274 g/mol. The smallest absolute Gasteiger partial charge is 0.356 e. The van der Waals surface area contributed by atoms with E-state index in [1.54, 1.807) is 6.20 Å². The van der Waals surface area contributed by atoms with E-state index in [2.05, 4.69) is 15.0 Å². The first kappa shape index (κ1) is 11.7. The van der Waals surface area contributed by atoms with Crippen LogP contribution in [0.1, 0.15) is 23.3 Å². The lowest BCUT2D eigenvalue weighted by Gasteiger charge is -2.35. The quantitative estimate of drug-likeness (QED) is 0.872. The number of nitrogens with zero attached hydrogens (tertiary/aromatic N) is 4. The Morgan fingerprint density at radius 3 is 2.80 bits per heavy atom. The average Bonchev–Trinajstić information content (AvgIpc) is 2.97. The number of anilines is 1. The highest BCUT2D eigenvalue weighted by molar-refractivity contribution is 5.86. The topological polar surface area (TPSA) is 80.0 Å². The van der Waals surface area contributed by atoms with Gasteiger partial charge in [0.2, 0.25) is 0 Å². The molecule has 1 N–H and O–H groups in total. The molecule has 0 aliphatic carbocycles. The number of aromatic carboxylic acids is 1. The van der Waals surface area contributed by atoms with Gasteiger partial charge in [-0.3, -0.25) is 0 Å². The van der Waals surface area contributed by atoms with Gasteiger partial charge in [-0.25, -0.2) is 14.3 Å². The molecule has 7 nitrogen and oxygen atoms in total. The summed E-state index contributed by atoms with van der Waals surface area (Å²) in [7, 11) is 0. The molecule has 2 saturated heterocycles. The molecule has 2 aromatic rings. The van der Waals surface area contributed by atoms with Crippen molar-refractivity contribution in [3.05, 3.63) is 24.0 Å². The summed E-state index contributed by atoms with van der Waals surface area (Å²) in [5.41, 5.74) is 0.574. The molecular formula is C13H14N4O3. The highest BCUT2D eigenvalue weighted by Crippen LogP contribution is 2.32. The van der Waals surface area contributed by atoms with Crippen molar-refractivity contribution in [2.75, 3.05) is 18.1 Å². The van der Waals surface area contributed by atoms with Crippen LogP contribution >= 0.6 is 0 Å². The van der Waals surface area contributed by atoms with Crippen molar-refractivity contribution >= 4 is 17.4 Å². The van der Waals surface area contributed by atoms with Crippen molar-refractivity contribution in [2.45, 2.75) is 24.9 Å². The van der Waals surface area contributed by atoms with Crippen LogP contribution in [-0.2, 0) is 4.74 Å². The number of hydrogen-bond donors (Lipinski definition) is 1. The molecule has 0 radical (unpaired) electrons. The van der Waals surface area contributed by atoms with Crippen LogP contribution in [0.15, 0.2) is 18.3 Å². The fourth-order valence-corrected chi connectivity index (χ4v) is 3.12. The third kappa shape index (κ3) is 1.66. The second kappa shape index (κ2) is 4.17. The largest absolute Gasteiger partial charge is 0.476 e. The Morgan fingerprint density at radius 2 is 2.10 bits per heavy atom. The van der Waals surface area contributed by atoms with Crippen LogP contribution in [0.2, 0.25) is 0 Å². The summed E-state index contributed by atoms with van der Waals surface area (Å²) in [6.07, 6.45) is 4.01. The van der Waals surface area contributed by atoms with Crippen molar-refractivity contribution < 1.29 is 14.6 Å². The predicted molar refractivity (Wildman–Crippen MR) is 70.1 cm³/mol. The second-order valence-electron chi connectivity index (χ2n) is 5.25. The number of morpholine rings is 1. The minimum Gasteiger partial charge on any atom is -0.476 e. The van der Waals surface area contributed by atoms with Crippen molar-refractivity contribution in [2.24, 2.45) is 0 Å². The Bertz CT molecular complexity index is 667. The van der Waals surface area contributed by atoms with Crippen LogP contribution in [0, 0.1) is 0 Å². The highest BCUT2D eigenvalue weighted by Gasteiger charge is 2.38. The van der Waals surface area contributed by atoms with Gasteiger partial charge >= 0.3 is 5.97 Å². The maximum atomic E-state index is 10.9. The van der Waals surface area contributed by atoms with Gasteiger partial charge in [0.25, 0.3) is 0 Å². The maximum Gasteiger partial charge on any atom is 0.356 e. The van der Waals surface area contributed by atoms with Crippen molar-refractivity contribution in [1.82, 2.24) is 14.6 Å². The van der Waals surface area contributed by atoms with Gasteiger partial charge in [0.15, 0.2) is 11.3 Å². The predicted octanol–water partition coefficient (Wildman–Crippen LogP) is 0.795. The van der Waals surface area contributed by atoms with Gasteiger partial charge in [0, 0.05) is 12.3 Å². The number of carbonyl (C=O) groups is 1. The lowest BCUT2D eigenvalue weighted by atomic mass is 10.2. The van der Waals surface area contributed by atoms with Gasteiger partial charge in [0.1, 0.15) is 5.82 Å². The molecule has 2 aliphatic rings. The molecule has 20 heavy (non-hydrogen) atoms. The Labute approximate surface area is 114 Å². The summed E-state index contributed by atoms with van der Waals surface area (Å²) >= 11 is 0. The Kier molecular flexibility index (Phi) is 2.43. The van der Waals surface area contributed by atoms with Crippen molar-refractivity contribution in [3.8, 4) is 0 Å². The van der Waals surface area contributed by atoms with Crippen LogP contribution in [0.3, 0.4) is 0 Å². The fourth-order valence-electron chi connectivity index (χ4n) is 3.12. The van der Waals surface area contributed by atoms with Gasteiger partial charge in [-0.15, -0.1) is 0 Å². The minimum absolute atomic E-state index is 0.0135. The molecule has 0 saturated carbocycles. The number of fused-ring (bicyclic) bond motifs is 3. The minimum atomic E-state index is -1.04. The number of hydrogen-bond acceptors (Lipinski definition) is 5. The number of aromatic nitrogens is 3. The SMILES string of the molecule is O=C(O)c1cc2nc(N3C4CCC3COC4)ccn2n1. The molecule has 4 rings (SSSR count). The lowest BCUT2D eigenvalue weighted by Crippen LogP contribution is -2.46. The fraction of sp³-hybridized carbons (Fsp3) is 0.462. The standard InChI is InChI=1S/C13H14N4O3/c18-13(19)10-5-12-14-11(3-4-16(12)15-10)17-8-1-2-9(17)7-20-6-8/h3-5,8-9H,1-2,6-7H2,(H,18,19). The van der Waals surface area contributed by atoms with E-state index in [0.29, 0.717) is 17.7 Å². The normalized spacial score (nSPS) is 25.3. The van der Waals surface area contributed by atoms with E-state index >= 15 is 0 Å². The lowest BCUT2D eigenvalue weighted by molar-refractivity contribution is 0.0690. The summed E-state index contributed by atoms with van der Waals surface area (Å²) in [6.45, 7) is 1.48. The third-order valence-electron chi connectivity index (χ3n) is 4.03. The molecule has 2 bridgehead atoms. The number of rotatable bonds is 2. The molecule has 7 heteroatoms. The van der Waals surface area contributed by atoms with Gasteiger partial charge < -0.3 is 14.7 Å². The van der Waals surface area contributed by atoms with Crippen LogP contribution in [-0.4, -0.2) is 51.0 Å². The zero-order valence-electron chi connectivity index (χ0n) is 10.8. The summed E-state index contributed by atoms with van der Waals surface area (Å²) < 4.78 is 7.06. The van der Waals surface area contributed by atoms with E-state index in [1.165, 1.54) is 10.6 Å². The molecule has 2 aromatic heterocycles. The first-order valence-corrected chi connectivity index (χ1v) is 6.68. The van der Waals surface area contributed by atoms with Gasteiger partial charge in [0.05, 0.1) is 25.3 Å². The molecule has 2 aliphatic heterocycles. The molecule has 4 heterocycles. The molecule has 104 valence electrons. The van der Waals surface area contributed by atoms with Gasteiger partial charge in [-0.1, -0.05) is 0 Å². The van der Waals surface area contributed by atoms with Crippen LogP contribution in [0.4, 0.5) is 5.82 Å². The zero-order chi connectivity index (χ0) is 13.7. The first-order chi connectivity index (χ1) is 9.72. The summed E-state index contributed by atoms with van der Waals surface area (Å²) in [6, 6.07) is 4.15. The summed E-state index contributed by atoms with van der Waals surface area (Å²) in [5, 5.41) is 12.9. The zero-order valence-corrected chi connectivity index (χ0v) is 10.8. The molecule has 2 fully saturated rings. The molecule has 0 aromatic carbocycles.